The predicted octanol–water partition coefficient (Wildman–Crippen LogP) is 8.58. The summed E-state index contributed by atoms with van der Waals surface area (Å²) >= 11 is 25.7. The minimum atomic E-state index is -4.34. The second-order valence-electron chi connectivity index (χ2n) is 11.7. The number of halogens is 4. The molecule has 0 aliphatic heterocycles. The van der Waals surface area contributed by atoms with E-state index in [0.717, 1.165) is 42.0 Å². The van der Waals surface area contributed by atoms with Crippen LogP contribution in [0.25, 0.3) is 0 Å². The van der Waals surface area contributed by atoms with Crippen LogP contribution in [0, 0.1) is 0 Å². The number of hydrogen-bond acceptors (Lipinski definition) is 4. The second kappa shape index (κ2) is 16.4. The predicted molar refractivity (Wildman–Crippen MR) is 193 cm³/mol. The van der Waals surface area contributed by atoms with E-state index in [9.17, 15) is 18.0 Å². The highest BCUT2D eigenvalue weighted by Gasteiger charge is 2.36. The van der Waals surface area contributed by atoms with Crippen LogP contribution in [0.3, 0.4) is 0 Å². The van der Waals surface area contributed by atoms with Crippen LogP contribution in [0.2, 0.25) is 20.1 Å². The van der Waals surface area contributed by atoms with Crippen molar-refractivity contribution in [2.45, 2.75) is 62.0 Å². The average molecular weight is 748 g/mol. The fraction of sp³-hybridized carbons (Fsp3) is 0.278. The lowest BCUT2D eigenvalue weighted by Crippen LogP contribution is -2.55. The number of benzene rings is 4. The van der Waals surface area contributed by atoms with E-state index in [1.165, 1.54) is 29.2 Å². The summed E-state index contributed by atoms with van der Waals surface area (Å²) in [7, 11) is -4.34. The summed E-state index contributed by atoms with van der Waals surface area (Å²) in [6.45, 7) is -0.766. The van der Waals surface area contributed by atoms with Gasteiger partial charge in [-0.2, -0.15) is 0 Å². The Kier molecular flexibility index (Phi) is 12.3. The summed E-state index contributed by atoms with van der Waals surface area (Å²) in [4.78, 5) is 30.3. The second-order valence-corrected chi connectivity index (χ2v) is 15.2. The number of nitrogens with one attached hydrogen (secondary N) is 1. The van der Waals surface area contributed by atoms with Crippen LogP contribution in [0.4, 0.5) is 5.69 Å². The van der Waals surface area contributed by atoms with Gasteiger partial charge in [0, 0.05) is 29.1 Å². The van der Waals surface area contributed by atoms with Gasteiger partial charge in [0.2, 0.25) is 11.8 Å². The molecule has 1 unspecified atom stereocenters. The van der Waals surface area contributed by atoms with Crippen LogP contribution >= 0.6 is 46.4 Å². The van der Waals surface area contributed by atoms with Gasteiger partial charge in [0.1, 0.15) is 12.6 Å². The number of hydrogen-bond donors (Lipinski definition) is 1. The van der Waals surface area contributed by atoms with E-state index in [-0.39, 0.29) is 45.5 Å². The largest absolute Gasteiger partial charge is 0.352 e. The average Bonchev–Trinajstić information content (AvgIpc) is 3.08. The first kappa shape index (κ1) is 36.0. The van der Waals surface area contributed by atoms with E-state index >= 15 is 0 Å². The number of carbonyl (C=O) groups excluding carboxylic acids is 2. The Balaban J connectivity index is 1.60. The molecular formula is C36H35Cl4N3O4S. The van der Waals surface area contributed by atoms with Gasteiger partial charge in [0.05, 0.1) is 20.6 Å². The number of amides is 2. The van der Waals surface area contributed by atoms with Gasteiger partial charge in [-0.25, -0.2) is 8.42 Å². The van der Waals surface area contributed by atoms with Crippen LogP contribution in [0.1, 0.15) is 43.2 Å². The normalized spacial score (nSPS) is 14.2. The van der Waals surface area contributed by atoms with Gasteiger partial charge in [0.25, 0.3) is 10.0 Å². The molecule has 2 amide bonds. The van der Waals surface area contributed by atoms with Crippen molar-refractivity contribution in [1.29, 1.82) is 0 Å². The van der Waals surface area contributed by atoms with E-state index in [4.69, 9.17) is 46.4 Å². The Bertz CT molecular complexity index is 1840. The molecule has 0 bridgehead atoms. The van der Waals surface area contributed by atoms with E-state index in [1.807, 2.05) is 30.3 Å². The standard InChI is InChI=1S/C36H35Cl4N3O4S/c37-27-20-19-26(31(39)22-27)23-42(33(21-25-11-4-1-5-12-25)36(45)41-28-13-6-2-7-14-28)34(44)24-43(32-18-10-17-30(38)35(32)40)48(46,47)29-15-8-3-9-16-29/h1,3-5,8-12,15-20,22,28,33H,2,6-7,13-14,21,23-24H2,(H,41,45). The van der Waals surface area contributed by atoms with Crippen molar-refractivity contribution in [1.82, 2.24) is 10.2 Å². The summed E-state index contributed by atoms with van der Waals surface area (Å²) < 4.78 is 29.3. The Morgan fingerprint density at radius 3 is 2.12 bits per heavy atom. The number of rotatable bonds is 12. The van der Waals surface area contributed by atoms with E-state index in [1.54, 1.807) is 42.5 Å². The smallest absolute Gasteiger partial charge is 0.264 e. The fourth-order valence-electron chi connectivity index (χ4n) is 5.85. The molecule has 1 atom stereocenters. The molecule has 1 fully saturated rings. The van der Waals surface area contributed by atoms with Crippen LogP contribution in [0.5, 0.6) is 0 Å². The molecule has 12 heteroatoms. The summed E-state index contributed by atoms with van der Waals surface area (Å²) in [5, 5.41) is 3.98. The maximum atomic E-state index is 14.7. The maximum absolute atomic E-state index is 14.7. The van der Waals surface area contributed by atoms with Crippen molar-refractivity contribution in [2.75, 3.05) is 10.8 Å². The van der Waals surface area contributed by atoms with Crippen molar-refractivity contribution in [2.24, 2.45) is 0 Å². The highest BCUT2D eigenvalue weighted by Crippen LogP contribution is 2.36. The van der Waals surface area contributed by atoms with E-state index in [0.29, 0.717) is 15.6 Å². The third kappa shape index (κ3) is 8.84. The minimum absolute atomic E-state index is 0.0251. The van der Waals surface area contributed by atoms with Crippen molar-refractivity contribution in [3.63, 3.8) is 0 Å². The lowest BCUT2D eigenvalue weighted by Gasteiger charge is -2.35. The summed E-state index contributed by atoms with van der Waals surface area (Å²) in [5.74, 6) is -0.973. The molecule has 1 saturated carbocycles. The van der Waals surface area contributed by atoms with Crippen molar-refractivity contribution in [3.05, 3.63) is 128 Å². The Morgan fingerprint density at radius 1 is 0.792 bits per heavy atom. The number of sulfonamides is 1. The first-order chi connectivity index (χ1) is 23.0. The first-order valence-corrected chi connectivity index (χ1v) is 18.6. The summed E-state index contributed by atoms with van der Waals surface area (Å²) in [6.07, 6.45) is 4.99. The zero-order valence-corrected chi connectivity index (χ0v) is 29.8. The molecule has 1 N–H and O–H groups in total. The number of carbonyl (C=O) groups is 2. The lowest BCUT2D eigenvalue weighted by molar-refractivity contribution is -0.140. The highest BCUT2D eigenvalue weighted by molar-refractivity contribution is 7.92. The molecule has 1 aliphatic carbocycles. The maximum Gasteiger partial charge on any atom is 0.264 e. The molecule has 4 aromatic carbocycles. The Hall–Kier alpha value is -3.27. The monoisotopic (exact) mass is 745 g/mol. The number of nitrogens with zero attached hydrogens (tertiary/aromatic N) is 2. The van der Waals surface area contributed by atoms with Gasteiger partial charge in [-0.3, -0.25) is 13.9 Å². The van der Waals surface area contributed by atoms with Crippen LogP contribution in [-0.2, 0) is 32.6 Å². The van der Waals surface area contributed by atoms with Crippen molar-refractivity contribution >= 4 is 73.9 Å². The molecule has 252 valence electrons. The zero-order chi connectivity index (χ0) is 34.3. The molecule has 0 radical (unpaired) electrons. The summed E-state index contributed by atoms with van der Waals surface area (Å²) in [5.41, 5.74) is 1.39. The third-order valence-corrected chi connectivity index (χ3v) is 11.6. The molecule has 4 aromatic rings. The molecule has 7 nitrogen and oxygen atoms in total. The first-order valence-electron chi connectivity index (χ1n) is 15.6. The van der Waals surface area contributed by atoms with E-state index in [2.05, 4.69) is 5.32 Å². The van der Waals surface area contributed by atoms with Crippen LogP contribution in [0.15, 0.2) is 102 Å². The van der Waals surface area contributed by atoms with Crippen molar-refractivity contribution in [3.8, 4) is 0 Å². The van der Waals surface area contributed by atoms with Gasteiger partial charge >= 0.3 is 0 Å². The number of anilines is 1. The zero-order valence-electron chi connectivity index (χ0n) is 26.0. The van der Waals surface area contributed by atoms with Gasteiger partial charge in [-0.05, 0) is 60.4 Å². The van der Waals surface area contributed by atoms with Crippen molar-refractivity contribution < 1.29 is 18.0 Å². The van der Waals surface area contributed by atoms with Gasteiger partial charge in [-0.1, -0.05) is 126 Å². The highest BCUT2D eigenvalue weighted by atomic mass is 35.5. The minimum Gasteiger partial charge on any atom is -0.352 e. The molecule has 0 aromatic heterocycles. The topological polar surface area (TPSA) is 86.8 Å². The van der Waals surface area contributed by atoms with Gasteiger partial charge in [0.15, 0.2) is 0 Å². The van der Waals surface area contributed by atoms with Gasteiger partial charge < -0.3 is 10.2 Å². The SMILES string of the molecule is O=C(NC1CCCCC1)C(Cc1ccccc1)N(Cc1ccc(Cl)cc1Cl)C(=O)CN(c1cccc(Cl)c1Cl)S(=O)(=O)c1ccccc1. The van der Waals surface area contributed by atoms with Gasteiger partial charge in [-0.15, -0.1) is 0 Å². The Labute approximate surface area is 301 Å². The molecule has 1 aliphatic rings. The quantitative estimate of drug-likeness (QED) is 0.157. The van der Waals surface area contributed by atoms with Crippen LogP contribution in [-0.4, -0.2) is 43.8 Å². The lowest BCUT2D eigenvalue weighted by atomic mass is 9.94. The molecule has 0 spiro atoms. The van der Waals surface area contributed by atoms with E-state index < -0.39 is 28.5 Å². The molecular weight excluding hydrogens is 712 g/mol. The summed E-state index contributed by atoms with van der Waals surface area (Å²) in [6, 6.07) is 25.6. The molecule has 48 heavy (non-hydrogen) atoms. The molecule has 0 heterocycles. The van der Waals surface area contributed by atoms with Crippen LogP contribution < -0.4 is 9.62 Å². The fourth-order valence-corrected chi connectivity index (χ4v) is 8.21. The molecule has 0 saturated heterocycles. The third-order valence-electron chi connectivity index (χ3n) is 8.39. The Morgan fingerprint density at radius 2 is 1.46 bits per heavy atom. The molecule has 5 rings (SSSR count).